The zero-order valence-electron chi connectivity index (χ0n) is 26.3. The molecule has 1 aromatic heterocycles. The number of nitrogens with zero attached hydrogens (tertiary/aromatic N) is 4. The summed E-state index contributed by atoms with van der Waals surface area (Å²) in [7, 11) is 1.25. The number of aliphatic imine (C=N–C) groups is 1. The molecule has 47 heavy (non-hydrogen) atoms. The maximum absolute atomic E-state index is 16.6. The fourth-order valence-corrected chi connectivity index (χ4v) is 5.84. The van der Waals surface area contributed by atoms with E-state index in [1.807, 2.05) is 11.8 Å². The molecule has 14 heteroatoms. The van der Waals surface area contributed by atoms with Crippen LogP contribution in [0.5, 0.6) is 11.6 Å². The number of amides is 2. The first kappa shape index (κ1) is 33.5. The second-order valence-corrected chi connectivity index (χ2v) is 11.0. The molecular weight excluding hydrogens is 620 g/mol. The Kier molecular flexibility index (Phi) is 10.2. The zero-order valence-corrected chi connectivity index (χ0v) is 26.3. The Bertz CT molecular complexity index is 1660. The lowest BCUT2D eigenvalue weighted by Crippen LogP contribution is -2.55. The quantitative estimate of drug-likeness (QED) is 0.303. The van der Waals surface area contributed by atoms with Crippen molar-refractivity contribution in [1.82, 2.24) is 20.5 Å². The average Bonchev–Trinajstić information content (AvgIpc) is 3.60. The number of hydrogen-bond acceptors (Lipinski definition) is 8. The number of ether oxygens (including phenoxy) is 2. The van der Waals surface area contributed by atoms with Crippen LogP contribution in [0.2, 0.25) is 0 Å². The molecule has 0 spiro atoms. The normalized spacial score (nSPS) is 16.4. The third-order valence-corrected chi connectivity index (χ3v) is 8.16. The van der Waals surface area contributed by atoms with Gasteiger partial charge < -0.3 is 29.9 Å². The first-order valence-electron chi connectivity index (χ1n) is 15.3. The van der Waals surface area contributed by atoms with E-state index in [1.165, 1.54) is 24.3 Å². The number of carbonyl (C=O) groups is 2. The number of halogens is 4. The number of pyridine rings is 1. The summed E-state index contributed by atoms with van der Waals surface area (Å²) in [5.74, 6) is -1.44. The van der Waals surface area contributed by atoms with Crippen molar-refractivity contribution in [1.29, 1.82) is 0 Å². The summed E-state index contributed by atoms with van der Waals surface area (Å²) in [5, 5.41) is 5.83. The van der Waals surface area contributed by atoms with Gasteiger partial charge in [0.25, 0.3) is 11.8 Å². The summed E-state index contributed by atoms with van der Waals surface area (Å²) in [6, 6.07) is 9.31. The van der Waals surface area contributed by atoms with Gasteiger partial charge in [-0.1, -0.05) is 6.92 Å². The molecule has 2 aromatic carbocycles. The Morgan fingerprint density at radius 1 is 1.11 bits per heavy atom. The smallest absolute Gasteiger partial charge is 0.417 e. The molecule has 1 saturated heterocycles. The van der Waals surface area contributed by atoms with E-state index in [-0.39, 0.29) is 48.9 Å². The number of hydrogen-bond donors (Lipinski definition) is 2. The van der Waals surface area contributed by atoms with Crippen molar-refractivity contribution in [2.45, 2.75) is 32.5 Å². The van der Waals surface area contributed by atoms with Crippen LogP contribution >= 0.6 is 0 Å². The lowest BCUT2D eigenvalue weighted by atomic mass is 9.97. The molecule has 0 radical (unpaired) electrons. The van der Waals surface area contributed by atoms with Crippen LogP contribution in [-0.4, -0.2) is 86.6 Å². The largest absolute Gasteiger partial charge is 0.497 e. The maximum atomic E-state index is 16.6. The number of methoxy groups -OCH3 is 1. The van der Waals surface area contributed by atoms with Crippen molar-refractivity contribution in [2.75, 3.05) is 57.9 Å². The van der Waals surface area contributed by atoms with Gasteiger partial charge in [0.1, 0.15) is 17.4 Å². The highest BCUT2D eigenvalue weighted by Gasteiger charge is 2.39. The highest BCUT2D eigenvalue weighted by atomic mass is 19.4. The van der Waals surface area contributed by atoms with Crippen molar-refractivity contribution in [3.05, 3.63) is 71.2 Å². The molecule has 2 aliphatic heterocycles. The van der Waals surface area contributed by atoms with Gasteiger partial charge in [-0.3, -0.25) is 14.6 Å². The Labute approximate surface area is 269 Å². The number of anilines is 1. The molecule has 1 atom stereocenters. The van der Waals surface area contributed by atoms with Gasteiger partial charge in [0.15, 0.2) is 0 Å². The predicted octanol–water partition coefficient (Wildman–Crippen LogP) is 4.79. The van der Waals surface area contributed by atoms with Crippen molar-refractivity contribution >= 4 is 23.3 Å². The molecule has 2 amide bonds. The van der Waals surface area contributed by atoms with Crippen LogP contribution < -0.4 is 25.0 Å². The molecule has 0 bridgehead atoms. The average molecular weight is 657 g/mol. The Balaban J connectivity index is 1.49. The number of nitrogens with one attached hydrogen (secondary N) is 2. The number of amidine groups is 1. The highest BCUT2D eigenvalue weighted by Crippen LogP contribution is 2.38. The molecular formula is C33H36F4N6O4. The minimum Gasteiger partial charge on any atom is -0.497 e. The van der Waals surface area contributed by atoms with Crippen LogP contribution in [0.1, 0.15) is 46.5 Å². The fourth-order valence-electron chi connectivity index (χ4n) is 5.84. The predicted molar refractivity (Wildman–Crippen MR) is 169 cm³/mol. The molecule has 1 fully saturated rings. The number of carbonyl (C=O) groups excluding carboxylic acids is 2. The minimum atomic E-state index is -4.77. The van der Waals surface area contributed by atoms with E-state index in [1.54, 1.807) is 31.2 Å². The van der Waals surface area contributed by atoms with Crippen LogP contribution in [0, 0.1) is 5.82 Å². The summed E-state index contributed by atoms with van der Waals surface area (Å²) < 4.78 is 69.0. The number of piperazine rings is 1. The molecule has 2 aliphatic rings. The number of aromatic nitrogens is 1. The topological polar surface area (TPSA) is 108 Å². The highest BCUT2D eigenvalue weighted by molar-refractivity contribution is 6.03. The summed E-state index contributed by atoms with van der Waals surface area (Å²) >= 11 is 0. The second-order valence-electron chi connectivity index (χ2n) is 11.0. The van der Waals surface area contributed by atoms with Gasteiger partial charge in [-0.25, -0.2) is 9.37 Å². The van der Waals surface area contributed by atoms with E-state index >= 15 is 4.39 Å². The van der Waals surface area contributed by atoms with E-state index in [0.717, 1.165) is 12.1 Å². The number of rotatable bonds is 10. The fraction of sp³-hybridized carbons (Fsp3) is 0.394. The van der Waals surface area contributed by atoms with E-state index in [0.29, 0.717) is 43.2 Å². The summed E-state index contributed by atoms with van der Waals surface area (Å²) in [6.45, 7) is 5.47. The van der Waals surface area contributed by atoms with Crippen molar-refractivity contribution in [3.63, 3.8) is 0 Å². The van der Waals surface area contributed by atoms with Crippen LogP contribution in [0.25, 0.3) is 11.1 Å². The van der Waals surface area contributed by atoms with Crippen LogP contribution in [-0.2, 0) is 6.18 Å². The van der Waals surface area contributed by atoms with E-state index in [2.05, 4.69) is 20.6 Å². The summed E-state index contributed by atoms with van der Waals surface area (Å²) in [5.41, 5.74) is -0.991. The van der Waals surface area contributed by atoms with Crippen molar-refractivity contribution < 1.29 is 36.6 Å². The first-order chi connectivity index (χ1) is 22.6. The summed E-state index contributed by atoms with van der Waals surface area (Å²) in [4.78, 5) is 38.9. The number of alkyl halides is 3. The van der Waals surface area contributed by atoms with Crippen molar-refractivity contribution in [2.24, 2.45) is 4.99 Å². The third-order valence-electron chi connectivity index (χ3n) is 8.16. The molecule has 0 saturated carbocycles. The molecule has 10 nitrogen and oxygen atoms in total. The monoisotopic (exact) mass is 656 g/mol. The van der Waals surface area contributed by atoms with Gasteiger partial charge in [0.05, 0.1) is 49.2 Å². The van der Waals surface area contributed by atoms with E-state index < -0.39 is 41.0 Å². The zero-order chi connectivity index (χ0) is 33.7. The molecule has 5 rings (SSSR count). The van der Waals surface area contributed by atoms with Crippen LogP contribution in [0.4, 0.5) is 23.2 Å². The standard InChI is InChI=1S/C33H36F4N6O4/c1-4-20-19-42(32(45)24-9-8-21(46-3)17-25(24)33(35,36)37)15-16-43(20)26-11-10-22(23-7-6-12-40-31(23)47-5-2)29(34)28(26)30(44)41-18-27-38-13-14-39-27/h6-12,17,20H,4-5,13-16,18-19H2,1-3H3,(H,38,39)(H,41,44)/t20-/m1/s1. The van der Waals surface area contributed by atoms with Gasteiger partial charge in [0, 0.05) is 49.5 Å². The lowest BCUT2D eigenvalue weighted by molar-refractivity contribution is -0.138. The molecule has 0 aliphatic carbocycles. The molecule has 2 N–H and O–H groups in total. The summed E-state index contributed by atoms with van der Waals surface area (Å²) in [6.07, 6.45) is -2.79. The third kappa shape index (κ3) is 7.10. The van der Waals surface area contributed by atoms with Gasteiger partial charge >= 0.3 is 6.18 Å². The Morgan fingerprint density at radius 2 is 1.91 bits per heavy atom. The Morgan fingerprint density at radius 3 is 2.60 bits per heavy atom. The lowest BCUT2D eigenvalue weighted by Gasteiger charge is -2.43. The van der Waals surface area contributed by atoms with Gasteiger partial charge in [-0.05, 0) is 55.8 Å². The second kappa shape index (κ2) is 14.3. The van der Waals surface area contributed by atoms with Crippen molar-refractivity contribution in [3.8, 4) is 22.8 Å². The van der Waals surface area contributed by atoms with Gasteiger partial charge in [0.2, 0.25) is 5.88 Å². The molecule has 3 heterocycles. The van der Waals surface area contributed by atoms with E-state index in [4.69, 9.17) is 9.47 Å². The first-order valence-corrected chi connectivity index (χ1v) is 15.3. The Hall–Kier alpha value is -4.88. The van der Waals surface area contributed by atoms with Gasteiger partial charge in [-0.2, -0.15) is 13.2 Å². The SMILES string of the molecule is CCOc1ncccc1-c1ccc(N2CCN(C(=O)c3ccc(OC)cc3C(F)(F)F)C[C@H]2CC)c(C(=O)NCC2=NCCN2)c1F. The maximum Gasteiger partial charge on any atom is 0.417 e. The molecule has 250 valence electrons. The van der Waals surface area contributed by atoms with Gasteiger partial charge in [-0.15, -0.1) is 0 Å². The minimum absolute atomic E-state index is 0.0168. The molecule has 0 unspecified atom stereocenters. The van der Waals surface area contributed by atoms with Crippen LogP contribution in [0.3, 0.4) is 0 Å². The number of benzene rings is 2. The van der Waals surface area contributed by atoms with Crippen LogP contribution in [0.15, 0.2) is 53.7 Å². The van der Waals surface area contributed by atoms with E-state index in [9.17, 15) is 22.8 Å². The molecule has 3 aromatic rings.